The molecule has 0 spiro atoms. The zero-order chi connectivity index (χ0) is 12.8. The lowest BCUT2D eigenvalue weighted by Crippen LogP contribution is -2.13. The Morgan fingerprint density at radius 2 is 2.18 bits per heavy atom. The molecule has 0 aliphatic rings. The van der Waals surface area contributed by atoms with Crippen molar-refractivity contribution in [2.75, 3.05) is 6.61 Å². The second kappa shape index (κ2) is 6.25. The average Bonchev–Trinajstić information content (AvgIpc) is 2.28. The number of aliphatic carboxylic acids is 1. The van der Waals surface area contributed by atoms with Crippen LogP contribution in [-0.2, 0) is 4.79 Å². The fourth-order valence-electron chi connectivity index (χ4n) is 1.67. The molecule has 0 aliphatic carbocycles. The topological polar surface area (TPSA) is 66.8 Å². The number of benzene rings is 1. The quantitative estimate of drug-likeness (QED) is 0.797. The first-order valence-corrected chi connectivity index (χ1v) is 5.67. The van der Waals surface area contributed by atoms with E-state index in [1.165, 1.54) is 0 Å². The van der Waals surface area contributed by atoms with Gasteiger partial charge in [0, 0.05) is 0 Å². The molecular formula is C13H18O4. The number of ether oxygens (including phenoxy) is 1. The van der Waals surface area contributed by atoms with E-state index in [0.717, 1.165) is 0 Å². The van der Waals surface area contributed by atoms with Gasteiger partial charge in [-0.25, -0.2) is 0 Å². The predicted molar refractivity (Wildman–Crippen MR) is 64.0 cm³/mol. The zero-order valence-electron chi connectivity index (χ0n) is 10.1. The molecule has 94 valence electrons. The van der Waals surface area contributed by atoms with Crippen LogP contribution in [0.3, 0.4) is 0 Å². The Morgan fingerprint density at radius 3 is 2.76 bits per heavy atom. The smallest absolute Gasteiger partial charge is 0.303 e. The molecule has 1 aromatic carbocycles. The lowest BCUT2D eigenvalue weighted by atomic mass is 9.94. The van der Waals surface area contributed by atoms with Crippen molar-refractivity contribution in [3.05, 3.63) is 29.8 Å². The molecule has 0 radical (unpaired) electrons. The molecule has 4 heteroatoms. The Hall–Kier alpha value is -1.55. The number of rotatable bonds is 6. The predicted octanol–water partition coefficient (Wildman–Crippen LogP) is 2.23. The Morgan fingerprint density at radius 1 is 1.47 bits per heavy atom. The number of hydrogen-bond donors (Lipinski definition) is 2. The van der Waals surface area contributed by atoms with E-state index in [2.05, 4.69) is 0 Å². The summed E-state index contributed by atoms with van der Waals surface area (Å²) >= 11 is 0. The van der Waals surface area contributed by atoms with Gasteiger partial charge in [0.1, 0.15) is 5.75 Å². The minimum atomic E-state index is -0.905. The third-order valence-corrected chi connectivity index (χ3v) is 2.55. The first kappa shape index (κ1) is 13.5. The van der Waals surface area contributed by atoms with Crippen LogP contribution in [-0.4, -0.2) is 22.8 Å². The lowest BCUT2D eigenvalue weighted by molar-refractivity contribution is -0.139. The number of carboxylic acid groups (broad SMARTS) is 1. The SMILES string of the molecule is CCOc1cccc(C(O)C(C)CC(=O)O)c1. The summed E-state index contributed by atoms with van der Waals surface area (Å²) in [6.07, 6.45) is -0.841. The van der Waals surface area contributed by atoms with Crippen molar-refractivity contribution in [1.82, 2.24) is 0 Å². The van der Waals surface area contributed by atoms with Gasteiger partial charge in [-0.2, -0.15) is 0 Å². The Kier molecular flexibility index (Phi) is 4.97. The van der Waals surface area contributed by atoms with E-state index in [1.807, 2.05) is 13.0 Å². The summed E-state index contributed by atoms with van der Waals surface area (Å²) in [7, 11) is 0. The van der Waals surface area contributed by atoms with Crippen LogP contribution in [0.4, 0.5) is 0 Å². The van der Waals surface area contributed by atoms with Crippen LogP contribution in [0, 0.1) is 5.92 Å². The van der Waals surface area contributed by atoms with Gasteiger partial charge in [0.05, 0.1) is 19.1 Å². The number of carbonyl (C=O) groups is 1. The van der Waals surface area contributed by atoms with Crippen molar-refractivity contribution >= 4 is 5.97 Å². The van der Waals surface area contributed by atoms with Crippen molar-refractivity contribution in [2.24, 2.45) is 5.92 Å². The van der Waals surface area contributed by atoms with Crippen molar-refractivity contribution < 1.29 is 19.7 Å². The van der Waals surface area contributed by atoms with Gasteiger partial charge in [0.2, 0.25) is 0 Å². The molecule has 0 saturated carbocycles. The first-order chi connectivity index (χ1) is 8.04. The standard InChI is InChI=1S/C13H18O4/c1-3-17-11-6-4-5-10(8-11)13(16)9(2)7-12(14)15/h4-6,8-9,13,16H,3,7H2,1-2H3,(H,14,15). The molecule has 0 heterocycles. The van der Waals surface area contributed by atoms with Crippen molar-refractivity contribution in [3.8, 4) is 5.75 Å². The summed E-state index contributed by atoms with van der Waals surface area (Å²) in [4.78, 5) is 10.6. The minimum Gasteiger partial charge on any atom is -0.494 e. The fraction of sp³-hybridized carbons (Fsp3) is 0.462. The van der Waals surface area contributed by atoms with Gasteiger partial charge in [0.15, 0.2) is 0 Å². The van der Waals surface area contributed by atoms with Crippen LogP contribution >= 0.6 is 0 Å². The molecular weight excluding hydrogens is 220 g/mol. The fourth-order valence-corrected chi connectivity index (χ4v) is 1.67. The molecule has 1 rings (SSSR count). The lowest BCUT2D eigenvalue weighted by Gasteiger charge is -2.18. The molecule has 0 saturated heterocycles. The average molecular weight is 238 g/mol. The summed E-state index contributed by atoms with van der Waals surface area (Å²) in [6.45, 7) is 4.16. The minimum absolute atomic E-state index is 0.0555. The summed E-state index contributed by atoms with van der Waals surface area (Å²) in [5.74, 6) is -0.548. The van der Waals surface area contributed by atoms with E-state index in [-0.39, 0.29) is 12.3 Å². The van der Waals surface area contributed by atoms with Crippen LogP contribution < -0.4 is 4.74 Å². The van der Waals surface area contributed by atoms with Gasteiger partial charge in [-0.05, 0) is 30.5 Å². The highest BCUT2D eigenvalue weighted by molar-refractivity contribution is 5.67. The van der Waals surface area contributed by atoms with E-state index >= 15 is 0 Å². The molecule has 2 atom stereocenters. The summed E-state index contributed by atoms with van der Waals surface area (Å²) in [5, 5.41) is 18.7. The monoisotopic (exact) mass is 238 g/mol. The van der Waals surface area contributed by atoms with Crippen molar-refractivity contribution in [1.29, 1.82) is 0 Å². The van der Waals surface area contributed by atoms with Gasteiger partial charge in [0.25, 0.3) is 0 Å². The van der Waals surface area contributed by atoms with E-state index < -0.39 is 12.1 Å². The highest BCUT2D eigenvalue weighted by atomic mass is 16.5. The van der Waals surface area contributed by atoms with Gasteiger partial charge < -0.3 is 14.9 Å². The van der Waals surface area contributed by atoms with E-state index in [0.29, 0.717) is 17.9 Å². The summed E-state index contributed by atoms with van der Waals surface area (Å²) < 4.78 is 5.33. The van der Waals surface area contributed by atoms with Crippen LogP contribution in [0.1, 0.15) is 31.9 Å². The van der Waals surface area contributed by atoms with Crippen LogP contribution in [0.2, 0.25) is 0 Å². The molecule has 1 aromatic rings. The maximum atomic E-state index is 10.6. The summed E-state index contributed by atoms with van der Waals surface area (Å²) in [5.41, 5.74) is 0.685. The number of carboxylic acids is 1. The Balaban J connectivity index is 2.76. The number of aliphatic hydroxyl groups is 1. The van der Waals surface area contributed by atoms with Gasteiger partial charge in [-0.3, -0.25) is 4.79 Å². The van der Waals surface area contributed by atoms with E-state index in [4.69, 9.17) is 9.84 Å². The highest BCUT2D eigenvalue weighted by Gasteiger charge is 2.19. The van der Waals surface area contributed by atoms with Crippen LogP contribution in [0.5, 0.6) is 5.75 Å². The molecule has 0 bridgehead atoms. The molecule has 0 aliphatic heterocycles. The zero-order valence-corrected chi connectivity index (χ0v) is 10.1. The molecule has 17 heavy (non-hydrogen) atoms. The first-order valence-electron chi connectivity index (χ1n) is 5.67. The number of aliphatic hydroxyl groups excluding tert-OH is 1. The van der Waals surface area contributed by atoms with E-state index in [9.17, 15) is 9.90 Å². The third kappa shape index (κ3) is 4.07. The van der Waals surface area contributed by atoms with Crippen molar-refractivity contribution in [2.45, 2.75) is 26.4 Å². The van der Waals surface area contributed by atoms with Crippen LogP contribution in [0.25, 0.3) is 0 Å². The van der Waals surface area contributed by atoms with Gasteiger partial charge >= 0.3 is 5.97 Å². The maximum absolute atomic E-state index is 10.6. The Bertz CT molecular complexity index is 375. The number of hydrogen-bond acceptors (Lipinski definition) is 3. The summed E-state index contributed by atoms with van der Waals surface area (Å²) in [6, 6.07) is 7.11. The van der Waals surface area contributed by atoms with Gasteiger partial charge in [-0.1, -0.05) is 19.1 Å². The van der Waals surface area contributed by atoms with E-state index in [1.54, 1.807) is 25.1 Å². The second-order valence-corrected chi connectivity index (χ2v) is 4.03. The molecule has 2 unspecified atom stereocenters. The second-order valence-electron chi connectivity index (χ2n) is 4.03. The van der Waals surface area contributed by atoms with Crippen molar-refractivity contribution in [3.63, 3.8) is 0 Å². The molecule has 0 amide bonds. The normalized spacial score (nSPS) is 14.1. The maximum Gasteiger partial charge on any atom is 0.303 e. The van der Waals surface area contributed by atoms with Gasteiger partial charge in [-0.15, -0.1) is 0 Å². The largest absolute Gasteiger partial charge is 0.494 e. The Labute approximate surface area is 101 Å². The highest BCUT2D eigenvalue weighted by Crippen LogP contribution is 2.26. The molecule has 4 nitrogen and oxygen atoms in total. The van der Waals surface area contributed by atoms with Crippen LogP contribution in [0.15, 0.2) is 24.3 Å². The molecule has 0 fully saturated rings. The molecule has 2 N–H and O–H groups in total. The third-order valence-electron chi connectivity index (χ3n) is 2.55. The molecule has 0 aromatic heterocycles.